The first kappa shape index (κ1) is 24.8. The van der Waals surface area contributed by atoms with Crippen LogP contribution in [0.5, 0.6) is 0 Å². The number of fused-ring (bicyclic) bond motifs is 1. The van der Waals surface area contributed by atoms with Crippen molar-refractivity contribution < 1.29 is 0 Å². The standard InChI is InChI=1S/C37H34S/c1-3-32(27-19-21-28(22-20-27)33-13-8-14-35(33)38)34-24-30-12-7-11-29(18-16-26-9-5-4-6-10-26)36(30)37(34)31-17-15-25(2)23-31/h3-7,9-15,17,19-22,38H,8,16,18,23-24H2,1-2H3/b32-3-. The number of thiol groups is 1. The van der Waals surface area contributed by atoms with E-state index in [1.807, 2.05) is 0 Å². The highest BCUT2D eigenvalue weighted by Crippen LogP contribution is 2.47. The fourth-order valence-corrected chi connectivity index (χ4v) is 6.54. The Kier molecular flexibility index (Phi) is 6.96. The number of hydrogen-bond donors (Lipinski definition) is 1. The molecule has 3 aromatic rings. The molecule has 3 aromatic carbocycles. The topological polar surface area (TPSA) is 0 Å². The lowest BCUT2D eigenvalue weighted by molar-refractivity contribution is 0.953. The Bertz CT molecular complexity index is 1570. The molecule has 0 N–H and O–H groups in total. The fraction of sp³-hybridized carbons (Fsp3) is 0.189. The number of benzene rings is 3. The van der Waals surface area contributed by atoms with Crippen molar-refractivity contribution in [3.05, 3.63) is 158 Å². The van der Waals surface area contributed by atoms with Gasteiger partial charge >= 0.3 is 0 Å². The van der Waals surface area contributed by atoms with Gasteiger partial charge in [0.2, 0.25) is 0 Å². The molecule has 0 nitrogen and oxygen atoms in total. The summed E-state index contributed by atoms with van der Waals surface area (Å²) >= 11 is 4.67. The zero-order valence-electron chi connectivity index (χ0n) is 22.3. The van der Waals surface area contributed by atoms with Gasteiger partial charge in [-0.25, -0.2) is 0 Å². The summed E-state index contributed by atoms with van der Waals surface area (Å²) in [6.07, 6.45) is 16.5. The van der Waals surface area contributed by atoms with Gasteiger partial charge in [-0.05, 0) is 107 Å². The quantitative estimate of drug-likeness (QED) is 0.300. The van der Waals surface area contributed by atoms with Gasteiger partial charge < -0.3 is 0 Å². The smallest absolute Gasteiger partial charge is 0.00786 e. The van der Waals surface area contributed by atoms with Crippen LogP contribution in [-0.4, -0.2) is 0 Å². The molecule has 0 bridgehead atoms. The van der Waals surface area contributed by atoms with Crippen LogP contribution in [0.15, 0.2) is 125 Å². The second-order valence-corrected chi connectivity index (χ2v) is 11.1. The van der Waals surface area contributed by atoms with Crippen LogP contribution in [0.25, 0.3) is 16.7 Å². The predicted molar refractivity (Wildman–Crippen MR) is 167 cm³/mol. The van der Waals surface area contributed by atoms with Gasteiger partial charge in [-0.1, -0.05) is 109 Å². The Labute approximate surface area is 232 Å². The Morgan fingerprint density at radius 1 is 0.842 bits per heavy atom. The lowest BCUT2D eigenvalue weighted by atomic mass is 9.87. The molecule has 38 heavy (non-hydrogen) atoms. The van der Waals surface area contributed by atoms with Crippen molar-refractivity contribution in [2.24, 2.45) is 0 Å². The maximum absolute atomic E-state index is 4.67. The van der Waals surface area contributed by atoms with Crippen molar-refractivity contribution in [2.45, 2.75) is 46.0 Å². The van der Waals surface area contributed by atoms with E-state index in [4.69, 9.17) is 0 Å². The van der Waals surface area contributed by atoms with E-state index in [2.05, 4.69) is 130 Å². The number of allylic oxidation sites excluding steroid dienone is 11. The minimum absolute atomic E-state index is 0.972. The van der Waals surface area contributed by atoms with Crippen LogP contribution in [0, 0.1) is 0 Å². The molecule has 0 unspecified atom stereocenters. The fourth-order valence-electron chi connectivity index (χ4n) is 6.21. The van der Waals surface area contributed by atoms with Crippen LogP contribution >= 0.6 is 12.6 Å². The molecule has 0 fully saturated rings. The summed E-state index contributed by atoms with van der Waals surface area (Å²) in [5.41, 5.74) is 16.8. The summed E-state index contributed by atoms with van der Waals surface area (Å²) in [4.78, 5) is 1.08. The van der Waals surface area contributed by atoms with Crippen LogP contribution in [0.3, 0.4) is 0 Å². The van der Waals surface area contributed by atoms with Gasteiger partial charge in [0.15, 0.2) is 0 Å². The summed E-state index contributed by atoms with van der Waals surface area (Å²) in [5, 5.41) is 0. The van der Waals surface area contributed by atoms with E-state index in [1.165, 1.54) is 66.8 Å². The highest BCUT2D eigenvalue weighted by molar-refractivity contribution is 7.85. The van der Waals surface area contributed by atoms with Crippen molar-refractivity contribution in [2.75, 3.05) is 0 Å². The van der Waals surface area contributed by atoms with Gasteiger partial charge in [0.1, 0.15) is 0 Å². The number of hydrogen-bond acceptors (Lipinski definition) is 1. The van der Waals surface area contributed by atoms with Crippen molar-refractivity contribution in [3.8, 4) is 0 Å². The summed E-state index contributed by atoms with van der Waals surface area (Å²) in [6.45, 7) is 4.44. The first-order chi connectivity index (χ1) is 18.6. The Morgan fingerprint density at radius 2 is 1.66 bits per heavy atom. The zero-order chi connectivity index (χ0) is 26.1. The average Bonchev–Trinajstić information content (AvgIpc) is 3.67. The van der Waals surface area contributed by atoms with E-state index < -0.39 is 0 Å². The average molecular weight is 511 g/mol. The Morgan fingerprint density at radius 3 is 2.34 bits per heavy atom. The molecule has 0 aromatic heterocycles. The molecule has 0 atom stereocenters. The maximum atomic E-state index is 4.67. The molecule has 0 radical (unpaired) electrons. The first-order valence-electron chi connectivity index (χ1n) is 13.7. The molecule has 0 saturated carbocycles. The Balaban J connectivity index is 1.40. The number of rotatable bonds is 7. The van der Waals surface area contributed by atoms with E-state index in [1.54, 1.807) is 0 Å². The Hall–Kier alpha value is -3.55. The largest absolute Gasteiger partial charge is 0.143 e. The summed E-state index contributed by atoms with van der Waals surface area (Å²) in [6, 6.07) is 26.9. The van der Waals surface area contributed by atoms with Crippen LogP contribution < -0.4 is 0 Å². The van der Waals surface area contributed by atoms with E-state index in [9.17, 15) is 0 Å². The van der Waals surface area contributed by atoms with Crippen molar-refractivity contribution >= 4 is 29.3 Å². The van der Waals surface area contributed by atoms with E-state index >= 15 is 0 Å². The first-order valence-corrected chi connectivity index (χ1v) is 14.2. The van der Waals surface area contributed by atoms with Crippen molar-refractivity contribution in [1.29, 1.82) is 0 Å². The van der Waals surface area contributed by atoms with Crippen LogP contribution in [0.1, 0.15) is 60.1 Å². The van der Waals surface area contributed by atoms with Crippen molar-refractivity contribution in [1.82, 2.24) is 0 Å². The summed E-state index contributed by atoms with van der Waals surface area (Å²) in [5.74, 6) is 0. The molecule has 0 amide bonds. The normalized spacial score (nSPS) is 16.9. The van der Waals surface area contributed by atoms with E-state index in [0.717, 1.165) is 37.0 Å². The minimum Gasteiger partial charge on any atom is -0.143 e. The maximum Gasteiger partial charge on any atom is 0.00786 e. The van der Waals surface area contributed by atoms with Gasteiger partial charge in [0.25, 0.3) is 0 Å². The van der Waals surface area contributed by atoms with Gasteiger partial charge in [0, 0.05) is 4.91 Å². The third kappa shape index (κ3) is 4.72. The van der Waals surface area contributed by atoms with Gasteiger partial charge in [0.05, 0.1) is 0 Å². The lowest BCUT2D eigenvalue weighted by Gasteiger charge is -2.17. The van der Waals surface area contributed by atoms with E-state index in [-0.39, 0.29) is 0 Å². The van der Waals surface area contributed by atoms with Gasteiger partial charge in [-0.3, -0.25) is 0 Å². The van der Waals surface area contributed by atoms with Gasteiger partial charge in [-0.15, -0.1) is 12.6 Å². The SMILES string of the molecule is C/C=C(\C1=C(C2=CC=C(C)C2)c2c(CCc3ccccc3)cccc2C1)c1ccc(C2=CCC=C2S)cc1. The highest BCUT2D eigenvalue weighted by atomic mass is 32.1. The lowest BCUT2D eigenvalue weighted by Crippen LogP contribution is -1.99. The molecule has 1 heteroatoms. The predicted octanol–water partition coefficient (Wildman–Crippen LogP) is 9.76. The second kappa shape index (κ2) is 10.7. The van der Waals surface area contributed by atoms with Crippen molar-refractivity contribution in [3.63, 3.8) is 0 Å². The molecule has 0 spiro atoms. The molecule has 0 aliphatic heterocycles. The molecule has 188 valence electrons. The molecule has 3 aliphatic rings. The number of aryl methyl sites for hydroxylation is 2. The monoisotopic (exact) mass is 510 g/mol. The highest BCUT2D eigenvalue weighted by Gasteiger charge is 2.29. The molecular formula is C37H34S. The molecule has 0 heterocycles. The summed E-state index contributed by atoms with van der Waals surface area (Å²) < 4.78 is 0. The van der Waals surface area contributed by atoms with Crippen LogP contribution in [0.4, 0.5) is 0 Å². The zero-order valence-corrected chi connectivity index (χ0v) is 23.2. The second-order valence-electron chi connectivity index (χ2n) is 10.6. The minimum atomic E-state index is 0.972. The third-order valence-corrected chi connectivity index (χ3v) is 8.49. The molecule has 3 aliphatic carbocycles. The van der Waals surface area contributed by atoms with Crippen LogP contribution in [-0.2, 0) is 19.3 Å². The molecule has 0 saturated heterocycles. The van der Waals surface area contributed by atoms with Crippen LogP contribution in [0.2, 0.25) is 0 Å². The molecular weight excluding hydrogens is 476 g/mol. The van der Waals surface area contributed by atoms with Gasteiger partial charge in [-0.2, -0.15) is 0 Å². The third-order valence-electron chi connectivity index (χ3n) is 8.07. The van der Waals surface area contributed by atoms with E-state index in [0.29, 0.717) is 0 Å². The summed E-state index contributed by atoms with van der Waals surface area (Å²) in [7, 11) is 0. The molecule has 6 rings (SSSR count).